The second kappa shape index (κ2) is 12.9. The van der Waals surface area contributed by atoms with E-state index in [1.807, 2.05) is 85.1 Å². The summed E-state index contributed by atoms with van der Waals surface area (Å²) in [6.45, 7) is 0. The van der Waals surface area contributed by atoms with Gasteiger partial charge in [0.1, 0.15) is 0 Å². The number of pyridine rings is 1. The largest absolute Gasteiger partial charge is 0.354 e. The minimum atomic E-state index is 0.663. The van der Waals surface area contributed by atoms with Crippen molar-refractivity contribution in [2.24, 2.45) is 0 Å². The molecule has 7 aromatic rings. The lowest BCUT2D eigenvalue weighted by Gasteiger charge is -2.07. The highest BCUT2D eigenvalue weighted by atomic mass is 35.5. The molecule has 0 spiro atoms. The normalized spacial score (nSPS) is 12.1. The average Bonchev–Trinajstić information content (AvgIpc) is 3.99. The lowest BCUT2D eigenvalue weighted by atomic mass is 10.0. The fourth-order valence-electron chi connectivity index (χ4n) is 6.78. The van der Waals surface area contributed by atoms with Crippen LogP contribution in [0.4, 0.5) is 0 Å². The van der Waals surface area contributed by atoms with Gasteiger partial charge in [-0.1, -0.05) is 77.3 Å². The van der Waals surface area contributed by atoms with Crippen molar-refractivity contribution in [2.75, 3.05) is 0 Å². The fourth-order valence-corrected chi connectivity index (χ4v) is 7.16. The topological polar surface area (TPSA) is 70.2 Å². The smallest absolute Gasteiger partial charge is 0.0737 e. The minimum Gasteiger partial charge on any atom is -0.354 e. The van der Waals surface area contributed by atoms with Gasteiger partial charge >= 0.3 is 0 Å². The van der Waals surface area contributed by atoms with Gasteiger partial charge in [-0.3, -0.25) is 4.98 Å². The van der Waals surface area contributed by atoms with Gasteiger partial charge in [0.2, 0.25) is 0 Å². The Labute approximate surface area is 308 Å². The predicted molar refractivity (Wildman–Crippen MR) is 213 cm³/mol. The molecule has 5 nitrogen and oxygen atoms in total. The Bertz CT molecular complexity index is 2650. The van der Waals surface area contributed by atoms with Crippen molar-refractivity contribution in [3.63, 3.8) is 0 Å². The van der Waals surface area contributed by atoms with Gasteiger partial charge in [0.05, 0.1) is 22.8 Å². The number of aromatic nitrogens is 5. The molecule has 51 heavy (non-hydrogen) atoms. The zero-order chi connectivity index (χ0) is 34.5. The number of nitrogens with zero attached hydrogens (tertiary/aromatic N) is 3. The number of nitrogens with one attached hydrogen (secondary N) is 2. The van der Waals surface area contributed by atoms with Gasteiger partial charge < -0.3 is 9.97 Å². The molecular formula is C43H26Cl3N5. The number of halogens is 3. The van der Waals surface area contributed by atoms with E-state index < -0.39 is 0 Å². The lowest BCUT2D eigenvalue weighted by molar-refractivity contribution is 1.29. The van der Waals surface area contributed by atoms with Gasteiger partial charge in [-0.25, -0.2) is 9.97 Å². The third-order valence-corrected chi connectivity index (χ3v) is 9.86. The Morgan fingerprint density at radius 3 is 1.02 bits per heavy atom. The maximum atomic E-state index is 6.36. The Kier molecular flexibility index (Phi) is 7.89. The molecule has 8 heteroatoms. The van der Waals surface area contributed by atoms with E-state index in [0.717, 1.165) is 89.4 Å². The van der Waals surface area contributed by atoms with Crippen molar-refractivity contribution in [3.05, 3.63) is 159 Å². The number of H-pyrrole nitrogens is 2. The van der Waals surface area contributed by atoms with Crippen LogP contribution >= 0.6 is 34.8 Å². The van der Waals surface area contributed by atoms with Gasteiger partial charge in [0.25, 0.3) is 0 Å². The van der Waals surface area contributed by atoms with E-state index in [2.05, 4.69) is 69.6 Å². The summed E-state index contributed by atoms with van der Waals surface area (Å²) >= 11 is 19.1. The van der Waals surface area contributed by atoms with Gasteiger partial charge in [0, 0.05) is 77.3 Å². The molecule has 2 aliphatic heterocycles. The molecule has 9 rings (SSSR count). The highest BCUT2D eigenvalue weighted by Crippen LogP contribution is 2.38. The molecule has 4 aromatic heterocycles. The number of rotatable bonds is 4. The quantitative estimate of drug-likeness (QED) is 0.190. The molecule has 3 aromatic carbocycles. The molecule has 0 saturated carbocycles. The SMILES string of the molecule is Clc1ccc(-c2c3nc(c(-c4ccc(Cl)cc4)c4ccc([nH]4)c(-c4cccnc4)c4nc(c(-c5ccc(Cl)cc5)c5ccc2[nH]5)C=C4)C=C3)cc1. The minimum absolute atomic E-state index is 0.663. The molecule has 0 unspecified atom stereocenters. The second-order valence-corrected chi connectivity index (χ2v) is 13.6. The highest BCUT2D eigenvalue weighted by molar-refractivity contribution is 6.31. The Balaban J connectivity index is 1.47. The number of hydrogen-bond acceptors (Lipinski definition) is 3. The van der Waals surface area contributed by atoms with Crippen molar-refractivity contribution in [1.29, 1.82) is 0 Å². The molecule has 0 saturated heterocycles. The fraction of sp³-hybridized carbons (Fsp3) is 0. The average molecular weight is 719 g/mol. The summed E-state index contributed by atoms with van der Waals surface area (Å²) in [7, 11) is 0. The van der Waals surface area contributed by atoms with Gasteiger partial charge in [-0.2, -0.15) is 0 Å². The molecule has 0 radical (unpaired) electrons. The number of benzene rings is 3. The Hall–Kier alpha value is -5.72. The summed E-state index contributed by atoms with van der Waals surface area (Å²) in [5.74, 6) is 0. The number of hydrogen-bond donors (Lipinski definition) is 2. The van der Waals surface area contributed by atoms with Crippen LogP contribution < -0.4 is 0 Å². The van der Waals surface area contributed by atoms with Crippen molar-refractivity contribution >= 4 is 81.2 Å². The van der Waals surface area contributed by atoms with E-state index in [1.54, 1.807) is 6.20 Å². The first-order chi connectivity index (χ1) is 25.0. The highest BCUT2D eigenvalue weighted by Gasteiger charge is 2.19. The summed E-state index contributed by atoms with van der Waals surface area (Å²) in [5.41, 5.74) is 14.5. The van der Waals surface area contributed by atoms with Gasteiger partial charge in [-0.05, 0) is 108 Å². The van der Waals surface area contributed by atoms with Crippen LogP contribution in [0.1, 0.15) is 22.8 Å². The lowest BCUT2D eigenvalue weighted by Crippen LogP contribution is -1.90. The van der Waals surface area contributed by atoms with Crippen molar-refractivity contribution in [3.8, 4) is 44.5 Å². The summed E-state index contributed by atoms with van der Waals surface area (Å²) in [6, 6.07) is 35.9. The zero-order valence-corrected chi connectivity index (χ0v) is 29.1. The van der Waals surface area contributed by atoms with Gasteiger partial charge in [-0.15, -0.1) is 0 Å². The van der Waals surface area contributed by atoms with Crippen molar-refractivity contribution in [2.45, 2.75) is 0 Å². The van der Waals surface area contributed by atoms with Crippen molar-refractivity contribution in [1.82, 2.24) is 24.9 Å². The molecule has 0 amide bonds. The monoisotopic (exact) mass is 717 g/mol. The molecule has 6 heterocycles. The third-order valence-electron chi connectivity index (χ3n) is 9.10. The predicted octanol–water partition coefficient (Wildman–Crippen LogP) is 12.7. The summed E-state index contributed by atoms with van der Waals surface area (Å²) < 4.78 is 0. The van der Waals surface area contributed by atoms with Crippen LogP contribution in [-0.4, -0.2) is 24.9 Å². The van der Waals surface area contributed by atoms with E-state index in [1.165, 1.54) is 0 Å². The van der Waals surface area contributed by atoms with Gasteiger partial charge in [0.15, 0.2) is 0 Å². The van der Waals surface area contributed by atoms with Crippen LogP contribution in [0.15, 0.2) is 122 Å². The zero-order valence-electron chi connectivity index (χ0n) is 26.8. The Morgan fingerprint density at radius 2 is 0.706 bits per heavy atom. The van der Waals surface area contributed by atoms with Crippen molar-refractivity contribution < 1.29 is 0 Å². The van der Waals surface area contributed by atoms with Crippen LogP contribution in [0.3, 0.4) is 0 Å². The molecule has 0 fully saturated rings. The first-order valence-electron chi connectivity index (χ1n) is 16.3. The first-order valence-corrected chi connectivity index (χ1v) is 17.5. The van der Waals surface area contributed by atoms with E-state index in [-0.39, 0.29) is 0 Å². The summed E-state index contributed by atoms with van der Waals surface area (Å²) in [4.78, 5) is 22.6. The van der Waals surface area contributed by atoms with E-state index in [9.17, 15) is 0 Å². The molecule has 8 bridgehead atoms. The third kappa shape index (κ3) is 5.85. The molecule has 244 valence electrons. The maximum absolute atomic E-state index is 6.36. The standard InChI is InChI=1S/C43H26Cl3N5/c44-29-9-3-25(4-10-29)40-32-15-17-34(48-32)41(26-5-11-30(45)12-6-26)36-19-21-38(50-36)43(28-2-1-23-47-24-28)39-22-20-37(51-39)42(35-18-16-33(40)49-35)27-7-13-31(46)14-8-27/h1-24,48,51H. The van der Waals surface area contributed by atoms with Crippen LogP contribution in [0, 0.1) is 0 Å². The number of fused-ring (bicyclic) bond motifs is 8. The first kappa shape index (κ1) is 31.3. The maximum Gasteiger partial charge on any atom is 0.0737 e. The number of aromatic amines is 2. The molecular weight excluding hydrogens is 693 g/mol. The molecule has 0 atom stereocenters. The van der Waals surface area contributed by atoms with Crippen LogP contribution in [-0.2, 0) is 0 Å². The second-order valence-electron chi connectivity index (χ2n) is 12.3. The van der Waals surface area contributed by atoms with E-state index >= 15 is 0 Å². The van der Waals surface area contributed by atoms with Crippen LogP contribution in [0.2, 0.25) is 15.1 Å². The molecule has 2 aliphatic rings. The Morgan fingerprint density at radius 1 is 0.373 bits per heavy atom. The van der Waals surface area contributed by atoms with E-state index in [4.69, 9.17) is 44.8 Å². The summed E-state index contributed by atoms with van der Waals surface area (Å²) in [5, 5.41) is 1.99. The van der Waals surface area contributed by atoms with E-state index in [0.29, 0.717) is 15.1 Å². The molecule has 0 aliphatic carbocycles. The summed E-state index contributed by atoms with van der Waals surface area (Å²) in [6.07, 6.45) is 11.9. The van der Waals surface area contributed by atoms with Crippen LogP contribution in [0.25, 0.3) is 90.9 Å². The molecule has 2 N–H and O–H groups in total. The van der Waals surface area contributed by atoms with Crippen LogP contribution in [0.5, 0.6) is 0 Å².